The van der Waals surface area contributed by atoms with Crippen LogP contribution >= 0.6 is 11.3 Å². The van der Waals surface area contributed by atoms with Crippen LogP contribution in [0.1, 0.15) is 71.6 Å². The Labute approximate surface area is 200 Å². The zero-order valence-electron chi connectivity index (χ0n) is 19.6. The Balaban J connectivity index is 1.50. The first-order chi connectivity index (χ1) is 16.0. The Morgan fingerprint density at radius 3 is 2.45 bits per heavy atom. The number of aryl methyl sites for hydroxylation is 3. The van der Waals surface area contributed by atoms with E-state index in [0.29, 0.717) is 29.3 Å². The van der Waals surface area contributed by atoms with Gasteiger partial charge in [0.25, 0.3) is 0 Å². The number of fused-ring (bicyclic) bond motifs is 1. The maximum atomic E-state index is 12.7. The highest BCUT2D eigenvalue weighted by Gasteiger charge is 2.23. The maximum absolute atomic E-state index is 12.7. The summed E-state index contributed by atoms with van der Waals surface area (Å²) in [6, 6.07) is 14.9. The predicted octanol–water partition coefficient (Wildman–Crippen LogP) is 6.78. The quantitative estimate of drug-likeness (QED) is 0.395. The summed E-state index contributed by atoms with van der Waals surface area (Å²) >= 11 is 1.37. The van der Waals surface area contributed by atoms with Gasteiger partial charge in [-0.1, -0.05) is 56.3 Å². The fourth-order valence-corrected chi connectivity index (χ4v) is 5.36. The summed E-state index contributed by atoms with van der Waals surface area (Å²) in [5.41, 5.74) is 7.43. The normalized spacial score (nSPS) is 13.0. The molecule has 0 saturated heterocycles. The van der Waals surface area contributed by atoms with Gasteiger partial charge >= 0.3 is 5.97 Å². The largest absolute Gasteiger partial charge is 0.465 e. The topological polar surface area (TPSA) is 55.4 Å². The summed E-state index contributed by atoms with van der Waals surface area (Å²) in [5, 5.41) is 5.45. The summed E-state index contributed by atoms with van der Waals surface area (Å²) < 4.78 is 5.07. The lowest BCUT2D eigenvalue weighted by molar-refractivity contribution is -0.116. The molecule has 1 aromatic heterocycles. The lowest BCUT2D eigenvalue weighted by Crippen LogP contribution is -2.14. The third-order valence-corrected chi connectivity index (χ3v) is 7.28. The van der Waals surface area contributed by atoms with E-state index in [-0.39, 0.29) is 5.91 Å². The molecule has 4 nitrogen and oxygen atoms in total. The minimum atomic E-state index is -0.427. The number of rotatable bonds is 7. The van der Waals surface area contributed by atoms with Gasteiger partial charge in [-0.2, -0.15) is 0 Å². The fraction of sp³-hybridized carbons (Fsp3) is 0.357. The highest BCUT2D eigenvalue weighted by molar-refractivity contribution is 7.15. The number of anilines is 1. The summed E-state index contributed by atoms with van der Waals surface area (Å²) in [6.07, 6.45) is 5.63. The molecule has 2 aromatic carbocycles. The monoisotopic (exact) mass is 461 g/mol. The van der Waals surface area contributed by atoms with Crippen LogP contribution in [0.25, 0.3) is 11.1 Å². The van der Waals surface area contributed by atoms with Crippen molar-refractivity contribution < 1.29 is 14.3 Å². The number of carbonyl (C=O) groups excluding carboxylic acids is 2. The summed E-state index contributed by atoms with van der Waals surface area (Å²) in [5.74, 6) is -0.0438. The molecule has 0 radical (unpaired) electrons. The highest BCUT2D eigenvalue weighted by Crippen LogP contribution is 2.38. The number of carbonyl (C=O) groups is 2. The SMILES string of the molecule is COC(=O)c1c(-c2ccc3c(c2)CCCC3)csc1NC(=O)CCc1ccc(C(C)C)cc1. The molecule has 0 atom stereocenters. The van der Waals surface area contributed by atoms with E-state index >= 15 is 0 Å². The Kier molecular flexibility index (Phi) is 7.29. The van der Waals surface area contributed by atoms with Gasteiger partial charge in [0.15, 0.2) is 0 Å². The molecule has 1 amide bonds. The van der Waals surface area contributed by atoms with Crippen LogP contribution in [0.2, 0.25) is 0 Å². The van der Waals surface area contributed by atoms with Crippen LogP contribution < -0.4 is 5.32 Å². The molecule has 1 heterocycles. The first-order valence-electron chi connectivity index (χ1n) is 11.7. The molecular weight excluding hydrogens is 430 g/mol. The van der Waals surface area contributed by atoms with E-state index in [0.717, 1.165) is 29.5 Å². The number of hydrogen-bond donors (Lipinski definition) is 1. The van der Waals surface area contributed by atoms with Crippen molar-refractivity contribution in [1.82, 2.24) is 0 Å². The molecule has 1 N–H and O–H groups in total. The number of benzene rings is 2. The average Bonchev–Trinajstić information content (AvgIpc) is 3.25. The standard InChI is InChI=1S/C28H31NO3S/c1-18(2)20-11-8-19(9-12-20)10-15-25(30)29-27-26(28(31)32-3)24(17-33-27)23-14-13-21-6-4-5-7-22(21)16-23/h8-9,11-14,16-18H,4-7,10,15H2,1-3H3,(H,29,30). The molecule has 3 aromatic rings. The van der Waals surface area contributed by atoms with Crippen molar-refractivity contribution in [3.63, 3.8) is 0 Å². The zero-order chi connectivity index (χ0) is 23.4. The first-order valence-corrected chi connectivity index (χ1v) is 12.5. The third kappa shape index (κ3) is 5.36. The second-order valence-electron chi connectivity index (χ2n) is 8.98. The first kappa shape index (κ1) is 23.2. The van der Waals surface area contributed by atoms with Gasteiger partial charge in [0.2, 0.25) is 5.91 Å². The van der Waals surface area contributed by atoms with E-state index in [1.54, 1.807) is 0 Å². The van der Waals surface area contributed by atoms with E-state index in [2.05, 4.69) is 61.6 Å². The molecule has 0 spiro atoms. The van der Waals surface area contributed by atoms with Gasteiger partial charge in [-0.15, -0.1) is 11.3 Å². The van der Waals surface area contributed by atoms with E-state index in [9.17, 15) is 9.59 Å². The van der Waals surface area contributed by atoms with Crippen molar-refractivity contribution in [3.8, 4) is 11.1 Å². The fourth-order valence-electron chi connectivity index (χ4n) is 4.38. The van der Waals surface area contributed by atoms with Crippen molar-refractivity contribution >= 4 is 28.2 Å². The van der Waals surface area contributed by atoms with Crippen molar-refractivity contribution in [2.24, 2.45) is 0 Å². The Bertz CT molecular complexity index is 1140. The molecule has 1 aliphatic carbocycles. The Hall–Kier alpha value is -2.92. The van der Waals surface area contributed by atoms with Crippen molar-refractivity contribution in [2.45, 2.75) is 58.3 Å². The number of hydrogen-bond acceptors (Lipinski definition) is 4. The van der Waals surface area contributed by atoms with E-state index < -0.39 is 5.97 Å². The van der Waals surface area contributed by atoms with Gasteiger partial charge in [0, 0.05) is 17.4 Å². The minimum absolute atomic E-state index is 0.105. The molecule has 0 bridgehead atoms. The average molecular weight is 462 g/mol. The Morgan fingerprint density at radius 2 is 1.76 bits per heavy atom. The number of amides is 1. The van der Waals surface area contributed by atoms with Crippen LogP contribution in [0.15, 0.2) is 47.8 Å². The third-order valence-electron chi connectivity index (χ3n) is 6.38. The van der Waals surface area contributed by atoms with Crippen LogP contribution in [0.4, 0.5) is 5.00 Å². The van der Waals surface area contributed by atoms with Crippen LogP contribution in [-0.4, -0.2) is 19.0 Å². The van der Waals surface area contributed by atoms with E-state index in [1.807, 2.05) is 5.38 Å². The van der Waals surface area contributed by atoms with Crippen LogP contribution in [0.5, 0.6) is 0 Å². The molecule has 5 heteroatoms. The summed E-state index contributed by atoms with van der Waals surface area (Å²) in [7, 11) is 1.38. The van der Waals surface area contributed by atoms with Crippen molar-refractivity contribution in [3.05, 3.63) is 75.7 Å². The number of methoxy groups -OCH3 is 1. The number of esters is 1. The molecule has 4 rings (SSSR count). The predicted molar refractivity (Wildman–Crippen MR) is 135 cm³/mol. The van der Waals surface area contributed by atoms with Gasteiger partial charge in [-0.3, -0.25) is 4.79 Å². The second-order valence-corrected chi connectivity index (χ2v) is 9.86. The molecule has 0 unspecified atom stereocenters. The number of nitrogens with one attached hydrogen (secondary N) is 1. The lowest BCUT2D eigenvalue weighted by atomic mass is 9.89. The molecule has 172 valence electrons. The molecule has 0 aliphatic heterocycles. The second kappa shape index (κ2) is 10.3. The summed E-state index contributed by atoms with van der Waals surface area (Å²) in [6.45, 7) is 4.33. The molecule has 0 saturated carbocycles. The summed E-state index contributed by atoms with van der Waals surface area (Å²) in [4.78, 5) is 25.4. The van der Waals surface area contributed by atoms with Gasteiger partial charge in [-0.25, -0.2) is 4.79 Å². The molecule has 1 aliphatic rings. The number of ether oxygens (including phenoxy) is 1. The van der Waals surface area contributed by atoms with Crippen LogP contribution in [-0.2, 0) is 28.8 Å². The van der Waals surface area contributed by atoms with Gasteiger partial charge in [-0.05, 0) is 65.8 Å². The molecular formula is C28H31NO3S. The van der Waals surface area contributed by atoms with Gasteiger partial charge in [0.05, 0.1) is 7.11 Å². The molecule has 0 fully saturated rings. The van der Waals surface area contributed by atoms with Crippen molar-refractivity contribution in [2.75, 3.05) is 12.4 Å². The van der Waals surface area contributed by atoms with Gasteiger partial charge < -0.3 is 10.1 Å². The zero-order valence-corrected chi connectivity index (χ0v) is 20.4. The lowest BCUT2D eigenvalue weighted by Gasteiger charge is -2.16. The minimum Gasteiger partial charge on any atom is -0.465 e. The van der Waals surface area contributed by atoms with Gasteiger partial charge in [0.1, 0.15) is 10.6 Å². The molecule has 33 heavy (non-hydrogen) atoms. The van der Waals surface area contributed by atoms with E-state index in [1.165, 1.54) is 48.0 Å². The highest BCUT2D eigenvalue weighted by atomic mass is 32.1. The van der Waals surface area contributed by atoms with Crippen LogP contribution in [0, 0.1) is 0 Å². The maximum Gasteiger partial charge on any atom is 0.341 e. The smallest absolute Gasteiger partial charge is 0.341 e. The number of thiophene rings is 1. The Morgan fingerprint density at radius 1 is 1.03 bits per heavy atom. The van der Waals surface area contributed by atoms with Crippen molar-refractivity contribution in [1.29, 1.82) is 0 Å². The van der Waals surface area contributed by atoms with E-state index in [4.69, 9.17) is 4.74 Å². The van der Waals surface area contributed by atoms with Crippen LogP contribution in [0.3, 0.4) is 0 Å².